The summed E-state index contributed by atoms with van der Waals surface area (Å²) in [5.74, 6) is 0.247. The lowest BCUT2D eigenvalue weighted by molar-refractivity contribution is 1.09. The highest BCUT2D eigenvalue weighted by atomic mass is 79.9. The molecule has 1 aromatic carbocycles. The normalized spacial score (nSPS) is 25.4. The van der Waals surface area contributed by atoms with Crippen molar-refractivity contribution in [3.63, 3.8) is 0 Å². The second kappa shape index (κ2) is 2.90. The van der Waals surface area contributed by atoms with Gasteiger partial charge in [0.05, 0.1) is 0 Å². The molecule has 1 aliphatic rings. The Morgan fingerprint density at radius 3 is 2.75 bits per heavy atom. The average Bonchev–Trinajstić information content (AvgIpc) is 2.61. The van der Waals surface area contributed by atoms with E-state index < -0.39 is 4.33 Å². The maximum atomic E-state index is 5.94. The van der Waals surface area contributed by atoms with Crippen molar-refractivity contribution in [2.24, 2.45) is 0 Å². The molecule has 1 atom stereocenters. The van der Waals surface area contributed by atoms with E-state index in [9.17, 15) is 0 Å². The van der Waals surface area contributed by atoms with Gasteiger partial charge in [-0.1, -0.05) is 28.1 Å². The minimum Gasteiger partial charge on any atom is -0.101 e. The summed E-state index contributed by atoms with van der Waals surface area (Å²) in [6, 6.07) is 8.93. The van der Waals surface area contributed by atoms with Gasteiger partial charge in [-0.25, -0.2) is 0 Å². The smallest absolute Gasteiger partial charge is 0.101 e. The summed E-state index contributed by atoms with van der Waals surface area (Å²) < 4.78 is 0.485. The lowest BCUT2D eigenvalue weighted by atomic mass is 10.1. The fourth-order valence-electron chi connectivity index (χ4n) is 1.22. The van der Waals surface area contributed by atoms with Gasteiger partial charge in [-0.05, 0) is 24.1 Å². The molecule has 1 aromatic rings. The molecule has 0 spiro atoms. The van der Waals surface area contributed by atoms with Gasteiger partial charge in [0.15, 0.2) is 0 Å². The summed E-state index contributed by atoms with van der Waals surface area (Å²) >= 11 is 15.3. The van der Waals surface area contributed by atoms with Gasteiger partial charge in [-0.15, -0.1) is 23.2 Å². The van der Waals surface area contributed by atoms with Gasteiger partial charge in [0.25, 0.3) is 0 Å². The molecule has 0 heterocycles. The van der Waals surface area contributed by atoms with E-state index in [0.29, 0.717) is 0 Å². The number of rotatable bonds is 1. The van der Waals surface area contributed by atoms with Crippen LogP contribution in [0.5, 0.6) is 0 Å². The Kier molecular flexibility index (Phi) is 2.14. The van der Waals surface area contributed by atoms with Crippen molar-refractivity contribution in [2.75, 3.05) is 0 Å². The Balaban J connectivity index is 2.31. The van der Waals surface area contributed by atoms with Crippen LogP contribution in [0, 0.1) is 6.07 Å². The van der Waals surface area contributed by atoms with E-state index in [-0.39, 0.29) is 5.92 Å². The van der Waals surface area contributed by atoms with Gasteiger partial charge >= 0.3 is 0 Å². The average molecular weight is 265 g/mol. The zero-order valence-electron chi connectivity index (χ0n) is 6.15. The number of benzene rings is 1. The van der Waals surface area contributed by atoms with Crippen LogP contribution in [-0.4, -0.2) is 4.33 Å². The second-order valence-corrected chi connectivity index (χ2v) is 5.35. The third kappa shape index (κ3) is 1.50. The number of hydrogen-bond acceptors (Lipinski definition) is 0. The Morgan fingerprint density at radius 2 is 2.25 bits per heavy atom. The third-order valence-corrected chi connectivity index (χ3v) is 3.54. The molecule has 1 unspecified atom stereocenters. The first kappa shape index (κ1) is 8.86. The molecule has 1 aliphatic carbocycles. The first-order chi connectivity index (χ1) is 5.61. The maximum absolute atomic E-state index is 5.94. The Morgan fingerprint density at radius 1 is 1.58 bits per heavy atom. The fraction of sp³-hybridized carbons (Fsp3) is 0.333. The minimum absolute atomic E-state index is 0.247. The van der Waals surface area contributed by atoms with E-state index in [1.165, 1.54) is 0 Å². The number of halogens is 3. The molecular weight excluding hydrogens is 259 g/mol. The minimum atomic E-state index is -0.555. The topological polar surface area (TPSA) is 0 Å². The van der Waals surface area contributed by atoms with Crippen LogP contribution in [-0.2, 0) is 0 Å². The molecule has 0 N–H and O–H groups in total. The van der Waals surface area contributed by atoms with Gasteiger partial charge in [-0.3, -0.25) is 0 Å². The fourth-order valence-corrected chi connectivity index (χ4v) is 2.29. The van der Waals surface area contributed by atoms with Crippen LogP contribution in [0.3, 0.4) is 0 Å². The predicted octanol–water partition coefficient (Wildman–Crippen LogP) is 3.91. The van der Waals surface area contributed by atoms with Gasteiger partial charge in [-0.2, -0.15) is 0 Å². The summed E-state index contributed by atoms with van der Waals surface area (Å²) in [4.78, 5) is 0. The van der Waals surface area contributed by atoms with Crippen LogP contribution in [0.15, 0.2) is 22.7 Å². The Bertz CT molecular complexity index is 309. The van der Waals surface area contributed by atoms with Crippen molar-refractivity contribution < 1.29 is 0 Å². The van der Waals surface area contributed by atoms with Crippen LogP contribution < -0.4 is 0 Å². The van der Waals surface area contributed by atoms with Crippen LogP contribution in [0.25, 0.3) is 0 Å². The molecular formula is C9H6BrCl2. The van der Waals surface area contributed by atoms with Gasteiger partial charge < -0.3 is 0 Å². The lowest BCUT2D eigenvalue weighted by Crippen LogP contribution is -1.90. The quantitative estimate of drug-likeness (QED) is 0.675. The molecule has 0 nitrogen and oxygen atoms in total. The summed E-state index contributed by atoms with van der Waals surface area (Å²) in [7, 11) is 0. The molecule has 3 heteroatoms. The summed E-state index contributed by atoms with van der Waals surface area (Å²) in [5, 5.41) is 0. The van der Waals surface area contributed by atoms with E-state index in [1.807, 2.05) is 18.2 Å². The first-order valence-corrected chi connectivity index (χ1v) is 5.20. The molecule has 1 radical (unpaired) electrons. The van der Waals surface area contributed by atoms with Crippen molar-refractivity contribution in [3.8, 4) is 0 Å². The molecule has 0 aromatic heterocycles. The Labute approximate surface area is 90.0 Å². The van der Waals surface area contributed by atoms with Crippen LogP contribution in [0.4, 0.5) is 0 Å². The standard InChI is InChI=1S/C9H6BrCl2/c10-8-4-2-1-3-6(8)7-5-9(7,11)12/h1-2,4,7H,5H2. The summed E-state index contributed by atoms with van der Waals surface area (Å²) in [6.07, 6.45) is 0.829. The van der Waals surface area contributed by atoms with E-state index in [4.69, 9.17) is 23.2 Å². The van der Waals surface area contributed by atoms with Crippen molar-refractivity contribution in [1.29, 1.82) is 0 Å². The second-order valence-electron chi connectivity index (χ2n) is 2.95. The van der Waals surface area contributed by atoms with Crippen LogP contribution in [0.2, 0.25) is 0 Å². The van der Waals surface area contributed by atoms with Crippen LogP contribution >= 0.6 is 39.1 Å². The van der Waals surface area contributed by atoms with Gasteiger partial charge in [0.2, 0.25) is 0 Å². The molecule has 0 aliphatic heterocycles. The van der Waals surface area contributed by atoms with Crippen molar-refractivity contribution in [1.82, 2.24) is 0 Å². The molecule has 0 amide bonds. The molecule has 0 bridgehead atoms. The highest BCUT2D eigenvalue weighted by molar-refractivity contribution is 9.10. The lowest BCUT2D eigenvalue weighted by Gasteiger charge is -2.02. The monoisotopic (exact) mass is 263 g/mol. The maximum Gasteiger partial charge on any atom is 0.126 e. The zero-order chi connectivity index (χ0) is 8.77. The van der Waals surface area contributed by atoms with Crippen molar-refractivity contribution in [3.05, 3.63) is 34.3 Å². The van der Waals surface area contributed by atoms with Gasteiger partial charge in [0.1, 0.15) is 4.33 Å². The zero-order valence-corrected chi connectivity index (χ0v) is 9.25. The number of hydrogen-bond donors (Lipinski definition) is 0. The SMILES string of the molecule is ClC1(Cl)CC1c1[c]cccc1Br. The van der Waals surface area contributed by atoms with E-state index >= 15 is 0 Å². The summed E-state index contributed by atoms with van der Waals surface area (Å²) in [5.41, 5.74) is 1.09. The third-order valence-electron chi connectivity index (χ3n) is 2.01. The highest BCUT2D eigenvalue weighted by Crippen LogP contribution is 2.60. The predicted molar refractivity (Wildman–Crippen MR) is 54.8 cm³/mol. The summed E-state index contributed by atoms with van der Waals surface area (Å²) in [6.45, 7) is 0. The van der Waals surface area contributed by atoms with Crippen molar-refractivity contribution in [2.45, 2.75) is 16.7 Å². The van der Waals surface area contributed by atoms with E-state index in [0.717, 1.165) is 16.5 Å². The first-order valence-electron chi connectivity index (χ1n) is 3.65. The van der Waals surface area contributed by atoms with Crippen molar-refractivity contribution >= 4 is 39.1 Å². The van der Waals surface area contributed by atoms with Gasteiger partial charge in [0, 0.05) is 10.4 Å². The molecule has 1 fully saturated rings. The van der Waals surface area contributed by atoms with E-state index in [1.54, 1.807) is 0 Å². The Hall–Kier alpha value is 0.280. The largest absolute Gasteiger partial charge is 0.126 e. The number of alkyl halides is 2. The van der Waals surface area contributed by atoms with Crippen LogP contribution in [0.1, 0.15) is 17.9 Å². The highest BCUT2D eigenvalue weighted by Gasteiger charge is 2.53. The molecule has 63 valence electrons. The van der Waals surface area contributed by atoms with E-state index in [2.05, 4.69) is 22.0 Å². The molecule has 2 rings (SSSR count). The molecule has 12 heavy (non-hydrogen) atoms. The molecule has 0 saturated heterocycles. The molecule has 1 saturated carbocycles.